The van der Waals surface area contributed by atoms with Crippen molar-refractivity contribution in [2.24, 2.45) is 7.05 Å². The molecule has 0 saturated carbocycles. The predicted molar refractivity (Wildman–Crippen MR) is 83.0 cm³/mol. The van der Waals surface area contributed by atoms with Gasteiger partial charge in [-0.3, -0.25) is 14.3 Å². The smallest absolute Gasteiger partial charge is 0.329 e. The number of thioether (sulfide) groups is 1. The Balaban J connectivity index is 2.64. The lowest BCUT2D eigenvalue weighted by Gasteiger charge is -2.07. The Hall–Kier alpha value is -1.80. The van der Waals surface area contributed by atoms with Crippen molar-refractivity contribution in [3.8, 4) is 0 Å². The maximum absolute atomic E-state index is 12.1. The first kappa shape index (κ1) is 15.6. The van der Waals surface area contributed by atoms with Crippen molar-refractivity contribution in [3.63, 3.8) is 0 Å². The fraction of sp³-hybridized carbons (Fsp3) is 0.462. The largest absolute Gasteiger partial charge is 0.384 e. The topological polar surface area (TPSA) is 81.9 Å². The van der Waals surface area contributed by atoms with Crippen molar-refractivity contribution < 1.29 is 4.74 Å². The average molecular weight is 310 g/mol. The lowest BCUT2D eigenvalue weighted by Crippen LogP contribution is -2.29. The second kappa shape index (κ2) is 6.31. The van der Waals surface area contributed by atoms with E-state index >= 15 is 0 Å². The van der Waals surface area contributed by atoms with Crippen molar-refractivity contribution in [2.45, 2.75) is 18.6 Å². The fourth-order valence-electron chi connectivity index (χ4n) is 1.96. The molecule has 2 rings (SSSR count). The van der Waals surface area contributed by atoms with Gasteiger partial charge in [0.2, 0.25) is 0 Å². The number of fused-ring (bicyclic) bond motifs is 1. The van der Waals surface area contributed by atoms with Crippen LogP contribution in [-0.4, -0.2) is 38.6 Å². The molecule has 8 heteroatoms. The summed E-state index contributed by atoms with van der Waals surface area (Å²) in [6.07, 6.45) is 0. The highest BCUT2D eigenvalue weighted by molar-refractivity contribution is 7.99. The normalized spacial score (nSPS) is 11.2. The number of methoxy groups -OCH3 is 1. The molecular weight excluding hydrogens is 292 g/mol. The van der Waals surface area contributed by atoms with Gasteiger partial charge in [0.1, 0.15) is 0 Å². The molecule has 2 aromatic rings. The van der Waals surface area contributed by atoms with Gasteiger partial charge in [0, 0.05) is 26.5 Å². The third-order valence-corrected chi connectivity index (χ3v) is 3.86. The highest BCUT2D eigenvalue weighted by Crippen LogP contribution is 2.22. The summed E-state index contributed by atoms with van der Waals surface area (Å²) < 4.78 is 8.15. The van der Waals surface area contributed by atoms with Crippen molar-refractivity contribution in [1.29, 1.82) is 0 Å². The number of H-pyrrole nitrogens is 1. The van der Waals surface area contributed by atoms with E-state index in [1.54, 1.807) is 18.7 Å². The summed E-state index contributed by atoms with van der Waals surface area (Å²) in [5.74, 6) is 0.710. The van der Waals surface area contributed by atoms with Gasteiger partial charge < -0.3 is 9.30 Å². The molecule has 0 unspecified atom stereocenters. The van der Waals surface area contributed by atoms with E-state index in [0.717, 1.165) is 5.57 Å². The molecule has 7 nitrogen and oxygen atoms in total. The van der Waals surface area contributed by atoms with Gasteiger partial charge in [0.25, 0.3) is 5.56 Å². The number of imidazole rings is 1. The van der Waals surface area contributed by atoms with Crippen LogP contribution < -0.4 is 11.2 Å². The summed E-state index contributed by atoms with van der Waals surface area (Å²) in [6.45, 7) is 6.82. The molecule has 2 aromatic heterocycles. The van der Waals surface area contributed by atoms with E-state index in [1.165, 1.54) is 16.3 Å². The van der Waals surface area contributed by atoms with Crippen LogP contribution in [0.3, 0.4) is 0 Å². The van der Waals surface area contributed by atoms with Gasteiger partial charge in [0.05, 0.1) is 6.61 Å². The lowest BCUT2D eigenvalue weighted by molar-refractivity contribution is 0.218. The zero-order valence-corrected chi connectivity index (χ0v) is 13.1. The van der Waals surface area contributed by atoms with Crippen LogP contribution in [0.5, 0.6) is 0 Å². The van der Waals surface area contributed by atoms with Crippen LogP contribution in [0, 0.1) is 0 Å². The van der Waals surface area contributed by atoms with Gasteiger partial charge in [-0.1, -0.05) is 23.9 Å². The summed E-state index contributed by atoms with van der Waals surface area (Å²) in [4.78, 5) is 30.5. The minimum Gasteiger partial charge on any atom is -0.384 e. The molecule has 0 fully saturated rings. The molecule has 0 aliphatic rings. The number of hydrogen-bond donors (Lipinski definition) is 1. The molecule has 0 saturated heterocycles. The van der Waals surface area contributed by atoms with Gasteiger partial charge in [-0.15, -0.1) is 0 Å². The second-order valence-corrected chi connectivity index (χ2v) is 5.83. The van der Waals surface area contributed by atoms with Gasteiger partial charge >= 0.3 is 5.69 Å². The van der Waals surface area contributed by atoms with Crippen LogP contribution in [-0.2, 0) is 18.3 Å². The van der Waals surface area contributed by atoms with Crippen LogP contribution >= 0.6 is 11.8 Å². The Labute approximate surface area is 125 Å². The zero-order chi connectivity index (χ0) is 15.6. The number of hydrogen-bond acceptors (Lipinski definition) is 5. The molecular formula is C13H18N4O3S. The minimum atomic E-state index is -0.471. The highest BCUT2D eigenvalue weighted by atomic mass is 32.2. The van der Waals surface area contributed by atoms with Crippen molar-refractivity contribution in [1.82, 2.24) is 19.1 Å². The summed E-state index contributed by atoms with van der Waals surface area (Å²) in [5.41, 5.74) is 0.766. The van der Waals surface area contributed by atoms with Crippen LogP contribution in [0.15, 0.2) is 26.9 Å². The van der Waals surface area contributed by atoms with Crippen molar-refractivity contribution >= 4 is 22.9 Å². The van der Waals surface area contributed by atoms with Crippen molar-refractivity contribution in [2.75, 3.05) is 19.5 Å². The number of nitrogens with zero attached hydrogens (tertiary/aromatic N) is 3. The molecule has 0 aliphatic carbocycles. The number of rotatable bonds is 6. The highest BCUT2D eigenvalue weighted by Gasteiger charge is 2.17. The first-order valence-electron chi connectivity index (χ1n) is 6.41. The SMILES string of the molecule is C=C(C)Cn1c(SCCOC)nc2c1c(=O)[nH]c(=O)n2C. The molecule has 0 amide bonds. The molecule has 0 aliphatic heterocycles. The van der Waals surface area contributed by atoms with E-state index in [0.29, 0.717) is 35.2 Å². The molecule has 0 atom stereocenters. The summed E-state index contributed by atoms with van der Waals surface area (Å²) in [7, 11) is 3.22. The van der Waals surface area contributed by atoms with Crippen molar-refractivity contribution in [3.05, 3.63) is 33.0 Å². The number of aromatic nitrogens is 4. The number of aryl methyl sites for hydroxylation is 1. The average Bonchev–Trinajstić information content (AvgIpc) is 2.75. The third-order valence-electron chi connectivity index (χ3n) is 2.92. The van der Waals surface area contributed by atoms with E-state index < -0.39 is 11.2 Å². The number of ether oxygens (including phenoxy) is 1. The summed E-state index contributed by atoms with van der Waals surface area (Å²) in [6, 6.07) is 0. The number of allylic oxidation sites excluding steroid dienone is 1. The Morgan fingerprint density at radius 1 is 1.48 bits per heavy atom. The van der Waals surface area contributed by atoms with Gasteiger partial charge in [-0.25, -0.2) is 9.78 Å². The predicted octanol–water partition coefficient (Wildman–Crippen LogP) is 0.738. The van der Waals surface area contributed by atoms with Crippen LogP contribution in [0.2, 0.25) is 0 Å². The summed E-state index contributed by atoms with van der Waals surface area (Å²) in [5, 5.41) is 0.678. The molecule has 1 N–H and O–H groups in total. The number of nitrogens with one attached hydrogen (secondary N) is 1. The molecule has 0 spiro atoms. The van der Waals surface area contributed by atoms with E-state index in [9.17, 15) is 9.59 Å². The fourth-order valence-corrected chi connectivity index (χ4v) is 2.85. The monoisotopic (exact) mass is 310 g/mol. The summed E-state index contributed by atoms with van der Waals surface area (Å²) >= 11 is 1.48. The zero-order valence-electron chi connectivity index (χ0n) is 12.3. The van der Waals surface area contributed by atoms with Gasteiger partial charge in [-0.05, 0) is 6.92 Å². The molecule has 0 bridgehead atoms. The molecule has 0 radical (unpaired) electrons. The maximum atomic E-state index is 12.1. The van der Waals surface area contributed by atoms with Crippen LogP contribution in [0.25, 0.3) is 11.2 Å². The molecule has 0 aromatic carbocycles. The standard InChI is InChI=1S/C13H18N4O3S/c1-8(2)7-17-9-10(14-13(17)21-6-5-20-4)16(3)12(19)15-11(9)18/h1,5-7H2,2-4H3,(H,15,18,19). The molecule has 2 heterocycles. The lowest BCUT2D eigenvalue weighted by atomic mass is 10.3. The molecule has 21 heavy (non-hydrogen) atoms. The first-order valence-corrected chi connectivity index (χ1v) is 7.40. The van der Waals surface area contributed by atoms with E-state index in [1.807, 2.05) is 6.92 Å². The van der Waals surface area contributed by atoms with E-state index in [4.69, 9.17) is 4.74 Å². The third kappa shape index (κ3) is 3.11. The Morgan fingerprint density at radius 2 is 2.19 bits per heavy atom. The first-order chi connectivity index (χ1) is 9.95. The Bertz CT molecular complexity index is 787. The van der Waals surface area contributed by atoms with Gasteiger partial charge in [-0.2, -0.15) is 0 Å². The number of aromatic amines is 1. The second-order valence-electron chi connectivity index (χ2n) is 4.77. The minimum absolute atomic E-state index is 0.380. The van der Waals surface area contributed by atoms with E-state index in [-0.39, 0.29) is 0 Å². The van der Waals surface area contributed by atoms with Crippen LogP contribution in [0.1, 0.15) is 6.92 Å². The maximum Gasteiger partial charge on any atom is 0.329 e. The quantitative estimate of drug-likeness (QED) is 0.483. The Kier molecular flexibility index (Phi) is 4.69. The van der Waals surface area contributed by atoms with Gasteiger partial charge in [0.15, 0.2) is 16.3 Å². The molecule has 114 valence electrons. The van der Waals surface area contributed by atoms with Crippen LogP contribution in [0.4, 0.5) is 0 Å². The van der Waals surface area contributed by atoms with E-state index in [2.05, 4.69) is 16.5 Å². The Morgan fingerprint density at radius 3 is 2.81 bits per heavy atom.